The fourth-order valence-corrected chi connectivity index (χ4v) is 3.90. The summed E-state index contributed by atoms with van der Waals surface area (Å²) in [6.45, 7) is 5.57. The summed E-state index contributed by atoms with van der Waals surface area (Å²) in [5.41, 5.74) is 1.29. The van der Waals surface area contributed by atoms with Crippen LogP contribution in [0.1, 0.15) is 51.3 Å². The van der Waals surface area contributed by atoms with E-state index < -0.39 is 0 Å². The predicted octanol–water partition coefficient (Wildman–Crippen LogP) is 3.47. The zero-order chi connectivity index (χ0) is 15.7. The maximum Gasteiger partial charge on any atom is 0.269 e. The van der Waals surface area contributed by atoms with E-state index in [2.05, 4.69) is 24.1 Å². The Hall–Kier alpha value is -1.46. The van der Waals surface area contributed by atoms with Gasteiger partial charge in [-0.05, 0) is 50.3 Å². The molecule has 2 aliphatic rings. The summed E-state index contributed by atoms with van der Waals surface area (Å²) in [5, 5.41) is 14.6. The summed E-state index contributed by atoms with van der Waals surface area (Å²) in [7, 11) is 0. The highest BCUT2D eigenvalue weighted by molar-refractivity contribution is 5.34. The molecule has 1 aliphatic carbocycles. The van der Waals surface area contributed by atoms with Gasteiger partial charge in [0, 0.05) is 30.8 Å². The van der Waals surface area contributed by atoms with Crippen LogP contribution in [0.2, 0.25) is 0 Å². The number of nitrogens with one attached hydrogen (secondary N) is 1. The molecule has 0 amide bonds. The van der Waals surface area contributed by atoms with Gasteiger partial charge in [0.2, 0.25) is 0 Å². The zero-order valence-corrected chi connectivity index (χ0v) is 13.4. The number of fused-ring (bicyclic) bond motifs is 1. The van der Waals surface area contributed by atoms with E-state index in [-0.39, 0.29) is 16.8 Å². The lowest BCUT2D eigenvalue weighted by molar-refractivity contribution is -0.384. The average Bonchev–Trinajstić information content (AvgIpc) is 2.53. The number of nitro groups is 1. The molecule has 1 aliphatic heterocycles. The molecule has 3 rings (SSSR count). The van der Waals surface area contributed by atoms with Crippen LogP contribution in [0, 0.1) is 16.0 Å². The SMILES string of the molecule is CC(C)N1C[C@H]2CCCC[C@H]2N[C@H]1c1ccc([N+](=O)[O-])cc1. The van der Waals surface area contributed by atoms with Crippen LogP contribution < -0.4 is 5.32 Å². The van der Waals surface area contributed by atoms with Crippen LogP contribution in [0.25, 0.3) is 0 Å². The minimum atomic E-state index is -0.338. The number of nitro benzene ring substituents is 1. The summed E-state index contributed by atoms with van der Waals surface area (Å²) >= 11 is 0. The molecule has 2 fully saturated rings. The first kappa shape index (κ1) is 15.4. The van der Waals surface area contributed by atoms with Gasteiger partial charge in [-0.15, -0.1) is 0 Å². The van der Waals surface area contributed by atoms with Gasteiger partial charge in [0.25, 0.3) is 5.69 Å². The summed E-state index contributed by atoms with van der Waals surface area (Å²) < 4.78 is 0. The van der Waals surface area contributed by atoms with E-state index in [1.54, 1.807) is 12.1 Å². The maximum absolute atomic E-state index is 10.8. The fraction of sp³-hybridized carbons (Fsp3) is 0.647. The number of hydrogen-bond donors (Lipinski definition) is 1. The highest BCUT2D eigenvalue weighted by Gasteiger charge is 2.37. The smallest absolute Gasteiger partial charge is 0.269 e. The van der Waals surface area contributed by atoms with Gasteiger partial charge in [-0.25, -0.2) is 0 Å². The average molecular weight is 303 g/mol. The van der Waals surface area contributed by atoms with E-state index in [4.69, 9.17) is 0 Å². The number of benzene rings is 1. The Morgan fingerprint density at radius 3 is 2.55 bits per heavy atom. The third kappa shape index (κ3) is 3.01. The third-order valence-corrected chi connectivity index (χ3v) is 5.14. The molecule has 0 aromatic heterocycles. The monoisotopic (exact) mass is 303 g/mol. The molecule has 1 heterocycles. The van der Waals surface area contributed by atoms with Crippen LogP contribution in [-0.2, 0) is 0 Å². The summed E-state index contributed by atoms with van der Waals surface area (Å²) in [6, 6.07) is 8.06. The van der Waals surface area contributed by atoms with Crippen LogP contribution >= 0.6 is 0 Å². The maximum atomic E-state index is 10.8. The van der Waals surface area contributed by atoms with E-state index in [0.717, 1.165) is 18.0 Å². The largest absolute Gasteiger partial charge is 0.295 e. The Kier molecular flexibility index (Phi) is 4.45. The van der Waals surface area contributed by atoms with Gasteiger partial charge in [0.15, 0.2) is 0 Å². The molecule has 0 spiro atoms. The van der Waals surface area contributed by atoms with Crippen molar-refractivity contribution < 1.29 is 4.92 Å². The summed E-state index contributed by atoms with van der Waals surface area (Å²) in [5.74, 6) is 0.741. The van der Waals surface area contributed by atoms with Crippen molar-refractivity contribution in [1.29, 1.82) is 0 Å². The Balaban J connectivity index is 1.83. The topological polar surface area (TPSA) is 58.4 Å². The van der Waals surface area contributed by atoms with Gasteiger partial charge in [-0.1, -0.05) is 12.8 Å². The molecular formula is C17H25N3O2. The molecule has 1 N–H and O–H groups in total. The third-order valence-electron chi connectivity index (χ3n) is 5.14. The van der Waals surface area contributed by atoms with Gasteiger partial charge >= 0.3 is 0 Å². The van der Waals surface area contributed by atoms with Gasteiger partial charge in [0.05, 0.1) is 11.1 Å². The predicted molar refractivity (Wildman–Crippen MR) is 86.6 cm³/mol. The van der Waals surface area contributed by atoms with Crippen molar-refractivity contribution >= 4 is 5.69 Å². The highest BCUT2D eigenvalue weighted by atomic mass is 16.6. The number of non-ortho nitro benzene ring substituents is 1. The molecule has 0 unspecified atom stereocenters. The van der Waals surface area contributed by atoms with Crippen molar-refractivity contribution in [3.63, 3.8) is 0 Å². The molecule has 1 aromatic carbocycles. The van der Waals surface area contributed by atoms with Crippen molar-refractivity contribution in [1.82, 2.24) is 10.2 Å². The lowest BCUT2D eigenvalue weighted by Gasteiger charge is -2.49. The van der Waals surface area contributed by atoms with E-state index in [1.807, 2.05) is 12.1 Å². The minimum absolute atomic E-state index is 0.159. The second-order valence-electron chi connectivity index (χ2n) is 6.86. The Labute approximate surface area is 131 Å². The van der Waals surface area contributed by atoms with E-state index in [0.29, 0.717) is 12.1 Å². The minimum Gasteiger partial charge on any atom is -0.295 e. The van der Waals surface area contributed by atoms with Crippen molar-refractivity contribution in [2.24, 2.45) is 5.92 Å². The Morgan fingerprint density at radius 2 is 1.91 bits per heavy atom. The highest BCUT2D eigenvalue weighted by Crippen LogP contribution is 2.35. The molecule has 5 nitrogen and oxygen atoms in total. The first-order valence-corrected chi connectivity index (χ1v) is 8.32. The Morgan fingerprint density at radius 1 is 1.23 bits per heavy atom. The molecule has 5 heteroatoms. The van der Waals surface area contributed by atoms with E-state index in [9.17, 15) is 10.1 Å². The number of nitrogens with zero attached hydrogens (tertiary/aromatic N) is 2. The standard InChI is InChI=1S/C17H25N3O2/c1-12(2)19-11-14-5-3-4-6-16(14)18-17(19)13-7-9-15(10-8-13)20(21)22/h7-10,12,14,16-18H,3-6,11H2,1-2H3/t14-,16-,17-/m1/s1. The lowest BCUT2D eigenvalue weighted by Crippen LogP contribution is -2.57. The molecule has 0 radical (unpaired) electrons. The number of hydrogen-bond acceptors (Lipinski definition) is 4. The van der Waals surface area contributed by atoms with Gasteiger partial charge in [-0.3, -0.25) is 20.3 Å². The van der Waals surface area contributed by atoms with Crippen LogP contribution in [0.4, 0.5) is 5.69 Å². The van der Waals surface area contributed by atoms with E-state index in [1.165, 1.54) is 25.7 Å². The van der Waals surface area contributed by atoms with Crippen LogP contribution in [0.5, 0.6) is 0 Å². The van der Waals surface area contributed by atoms with Crippen LogP contribution in [0.3, 0.4) is 0 Å². The number of rotatable bonds is 3. The molecule has 1 saturated heterocycles. The van der Waals surface area contributed by atoms with Crippen LogP contribution in [0.15, 0.2) is 24.3 Å². The second kappa shape index (κ2) is 6.34. The molecule has 1 saturated carbocycles. The molecule has 22 heavy (non-hydrogen) atoms. The summed E-state index contributed by atoms with van der Waals surface area (Å²) in [6.07, 6.45) is 5.38. The molecule has 1 aromatic rings. The lowest BCUT2D eigenvalue weighted by atomic mass is 9.81. The van der Waals surface area contributed by atoms with Crippen molar-refractivity contribution in [3.05, 3.63) is 39.9 Å². The van der Waals surface area contributed by atoms with Gasteiger partial charge < -0.3 is 0 Å². The van der Waals surface area contributed by atoms with Crippen molar-refractivity contribution in [2.75, 3.05) is 6.54 Å². The second-order valence-corrected chi connectivity index (χ2v) is 6.86. The van der Waals surface area contributed by atoms with Crippen molar-refractivity contribution in [3.8, 4) is 0 Å². The van der Waals surface area contributed by atoms with Gasteiger partial charge in [-0.2, -0.15) is 0 Å². The normalized spacial score (nSPS) is 29.3. The van der Waals surface area contributed by atoms with Crippen LogP contribution in [-0.4, -0.2) is 28.5 Å². The van der Waals surface area contributed by atoms with E-state index >= 15 is 0 Å². The zero-order valence-electron chi connectivity index (χ0n) is 13.4. The molecule has 0 bridgehead atoms. The fourth-order valence-electron chi connectivity index (χ4n) is 3.90. The first-order chi connectivity index (χ1) is 10.6. The van der Waals surface area contributed by atoms with Crippen molar-refractivity contribution in [2.45, 2.75) is 57.8 Å². The summed E-state index contributed by atoms with van der Waals surface area (Å²) in [4.78, 5) is 13.0. The molecule has 3 atom stereocenters. The quantitative estimate of drug-likeness (QED) is 0.686. The molecule has 120 valence electrons. The molecular weight excluding hydrogens is 278 g/mol. The first-order valence-electron chi connectivity index (χ1n) is 8.32. The Bertz CT molecular complexity index is 529. The van der Waals surface area contributed by atoms with Gasteiger partial charge in [0.1, 0.15) is 0 Å².